The normalized spacial score (nSPS) is 10.4. The summed E-state index contributed by atoms with van der Waals surface area (Å²) in [4.78, 5) is 11.9. The number of aromatic nitrogens is 4. The first-order chi connectivity index (χ1) is 10.1. The molecule has 0 spiro atoms. The van der Waals surface area contributed by atoms with E-state index in [4.69, 9.17) is 16.3 Å². The highest BCUT2D eigenvalue weighted by Gasteiger charge is 2.09. The number of hydrogen-bond acceptors (Lipinski definition) is 6. The summed E-state index contributed by atoms with van der Waals surface area (Å²) in [7, 11) is 3.29. The molecule has 7 nitrogen and oxygen atoms in total. The average molecular weight is 328 g/mol. The minimum absolute atomic E-state index is 0.127. The van der Waals surface area contributed by atoms with Crippen molar-refractivity contribution in [3.63, 3.8) is 0 Å². The van der Waals surface area contributed by atoms with E-state index in [1.807, 2.05) is 0 Å². The molecule has 1 amide bonds. The zero-order chi connectivity index (χ0) is 15.2. The van der Waals surface area contributed by atoms with Crippen molar-refractivity contribution >= 4 is 35.0 Å². The Kier molecular flexibility index (Phi) is 5.40. The molecule has 1 aromatic carbocycles. The standard InChI is InChI=1S/C12H14ClN5O2S/c1-18-12(15-16-17-18)21-6-5-11(19)14-9-7-8(13)3-4-10(9)20-2/h3-4,7H,5-6H2,1-2H3,(H,14,19). The zero-order valence-corrected chi connectivity index (χ0v) is 13.1. The first-order valence-corrected chi connectivity index (χ1v) is 7.45. The van der Waals surface area contributed by atoms with E-state index in [0.717, 1.165) is 0 Å². The number of anilines is 1. The third kappa shape index (κ3) is 4.33. The van der Waals surface area contributed by atoms with Crippen LogP contribution in [0.25, 0.3) is 0 Å². The number of thioether (sulfide) groups is 1. The van der Waals surface area contributed by atoms with Crippen LogP contribution < -0.4 is 10.1 Å². The van der Waals surface area contributed by atoms with E-state index in [9.17, 15) is 4.79 Å². The predicted molar refractivity (Wildman–Crippen MR) is 80.8 cm³/mol. The summed E-state index contributed by atoms with van der Waals surface area (Å²) in [5, 5.41) is 15.1. The zero-order valence-electron chi connectivity index (χ0n) is 11.5. The fourth-order valence-electron chi connectivity index (χ4n) is 1.57. The molecule has 1 heterocycles. The Morgan fingerprint density at radius 2 is 2.33 bits per heavy atom. The number of halogens is 1. The SMILES string of the molecule is COc1ccc(Cl)cc1NC(=O)CCSc1nnnn1C. The van der Waals surface area contributed by atoms with Crippen LogP contribution in [0.5, 0.6) is 5.75 Å². The van der Waals surface area contributed by atoms with E-state index in [1.54, 1.807) is 29.9 Å². The summed E-state index contributed by atoms with van der Waals surface area (Å²) < 4.78 is 6.73. The Morgan fingerprint density at radius 1 is 1.52 bits per heavy atom. The highest BCUT2D eigenvalue weighted by Crippen LogP contribution is 2.27. The number of rotatable bonds is 6. The smallest absolute Gasteiger partial charge is 0.225 e. The highest BCUT2D eigenvalue weighted by atomic mass is 35.5. The van der Waals surface area contributed by atoms with E-state index in [0.29, 0.717) is 33.8 Å². The van der Waals surface area contributed by atoms with Crippen LogP contribution in [-0.2, 0) is 11.8 Å². The van der Waals surface area contributed by atoms with Gasteiger partial charge in [0.05, 0.1) is 12.8 Å². The van der Waals surface area contributed by atoms with Crippen LogP contribution in [0.4, 0.5) is 5.69 Å². The van der Waals surface area contributed by atoms with Crippen molar-refractivity contribution in [1.82, 2.24) is 20.2 Å². The van der Waals surface area contributed by atoms with Crippen molar-refractivity contribution in [2.75, 3.05) is 18.2 Å². The van der Waals surface area contributed by atoms with Gasteiger partial charge in [-0.25, -0.2) is 4.68 Å². The Balaban J connectivity index is 1.87. The minimum Gasteiger partial charge on any atom is -0.495 e. The van der Waals surface area contributed by atoms with Gasteiger partial charge in [-0.1, -0.05) is 23.4 Å². The molecule has 0 aliphatic heterocycles. The molecule has 0 aliphatic rings. The van der Waals surface area contributed by atoms with Crippen molar-refractivity contribution < 1.29 is 9.53 Å². The maximum absolute atomic E-state index is 11.9. The molecule has 9 heteroatoms. The Morgan fingerprint density at radius 3 is 3.00 bits per heavy atom. The third-order valence-corrected chi connectivity index (χ3v) is 3.82. The van der Waals surface area contributed by atoms with Crippen molar-refractivity contribution in [2.45, 2.75) is 11.6 Å². The van der Waals surface area contributed by atoms with Gasteiger partial charge in [0.25, 0.3) is 0 Å². The van der Waals surface area contributed by atoms with Crippen LogP contribution in [-0.4, -0.2) is 39.0 Å². The molecule has 21 heavy (non-hydrogen) atoms. The van der Waals surface area contributed by atoms with Gasteiger partial charge in [0, 0.05) is 24.2 Å². The van der Waals surface area contributed by atoms with Gasteiger partial charge in [-0.15, -0.1) is 5.10 Å². The van der Waals surface area contributed by atoms with E-state index in [1.165, 1.54) is 18.9 Å². The molecule has 0 bridgehead atoms. The lowest BCUT2D eigenvalue weighted by atomic mass is 10.3. The molecule has 0 unspecified atom stereocenters. The average Bonchev–Trinajstić information content (AvgIpc) is 2.85. The Hall–Kier alpha value is -1.80. The number of tetrazole rings is 1. The third-order valence-electron chi connectivity index (χ3n) is 2.58. The molecule has 0 aliphatic carbocycles. The summed E-state index contributed by atoms with van der Waals surface area (Å²) in [6, 6.07) is 5.06. The van der Waals surface area contributed by atoms with Crippen LogP contribution in [0.2, 0.25) is 5.02 Å². The lowest BCUT2D eigenvalue weighted by molar-refractivity contribution is -0.115. The van der Waals surface area contributed by atoms with Crippen LogP contribution in [0.1, 0.15) is 6.42 Å². The second kappa shape index (κ2) is 7.28. The monoisotopic (exact) mass is 327 g/mol. The van der Waals surface area contributed by atoms with Gasteiger partial charge in [-0.2, -0.15) is 0 Å². The molecule has 112 valence electrons. The number of methoxy groups -OCH3 is 1. The highest BCUT2D eigenvalue weighted by molar-refractivity contribution is 7.99. The topological polar surface area (TPSA) is 81.9 Å². The summed E-state index contributed by atoms with van der Waals surface area (Å²) in [5.41, 5.74) is 0.556. The molecular weight excluding hydrogens is 314 g/mol. The largest absolute Gasteiger partial charge is 0.495 e. The molecule has 0 saturated heterocycles. The number of nitrogens with zero attached hydrogens (tertiary/aromatic N) is 4. The molecule has 2 aromatic rings. The number of nitrogens with one attached hydrogen (secondary N) is 1. The van der Waals surface area contributed by atoms with Gasteiger partial charge < -0.3 is 10.1 Å². The molecule has 0 saturated carbocycles. The van der Waals surface area contributed by atoms with Crippen LogP contribution in [0, 0.1) is 0 Å². The Labute approximate surface area is 131 Å². The molecule has 0 atom stereocenters. The molecule has 1 N–H and O–H groups in total. The Bertz CT molecular complexity index is 634. The molecule has 0 radical (unpaired) electrons. The summed E-state index contributed by atoms with van der Waals surface area (Å²) >= 11 is 7.33. The van der Waals surface area contributed by atoms with Crippen LogP contribution >= 0.6 is 23.4 Å². The first kappa shape index (κ1) is 15.6. The number of amides is 1. The second-order valence-electron chi connectivity index (χ2n) is 4.08. The number of carbonyl (C=O) groups excluding carboxylic acids is 1. The molecule has 1 aromatic heterocycles. The minimum atomic E-state index is -0.127. The van der Waals surface area contributed by atoms with Crippen LogP contribution in [0.3, 0.4) is 0 Å². The number of benzene rings is 1. The van der Waals surface area contributed by atoms with Crippen LogP contribution in [0.15, 0.2) is 23.4 Å². The predicted octanol–water partition coefficient (Wildman–Crippen LogP) is 1.99. The van der Waals surface area contributed by atoms with Gasteiger partial charge in [0.1, 0.15) is 5.75 Å². The lowest BCUT2D eigenvalue weighted by Gasteiger charge is -2.10. The fourth-order valence-corrected chi connectivity index (χ4v) is 2.53. The molecular formula is C12H14ClN5O2S. The maximum atomic E-state index is 11.9. The number of hydrogen-bond donors (Lipinski definition) is 1. The van der Waals surface area contributed by atoms with E-state index < -0.39 is 0 Å². The summed E-state index contributed by atoms with van der Waals surface area (Å²) in [6.07, 6.45) is 0.327. The number of aryl methyl sites for hydroxylation is 1. The maximum Gasteiger partial charge on any atom is 0.225 e. The van der Waals surface area contributed by atoms with Crippen molar-refractivity contribution in [3.8, 4) is 5.75 Å². The lowest BCUT2D eigenvalue weighted by Crippen LogP contribution is -2.13. The molecule has 2 rings (SSSR count). The van der Waals surface area contributed by atoms with Gasteiger partial charge >= 0.3 is 0 Å². The molecule has 0 fully saturated rings. The number of carbonyl (C=O) groups is 1. The second-order valence-corrected chi connectivity index (χ2v) is 5.57. The quantitative estimate of drug-likeness (QED) is 0.817. The first-order valence-electron chi connectivity index (χ1n) is 6.08. The summed E-state index contributed by atoms with van der Waals surface area (Å²) in [5.74, 6) is 1.01. The van der Waals surface area contributed by atoms with E-state index >= 15 is 0 Å². The fraction of sp³-hybridized carbons (Fsp3) is 0.333. The van der Waals surface area contributed by atoms with Crippen molar-refractivity contribution in [2.24, 2.45) is 7.05 Å². The van der Waals surface area contributed by atoms with E-state index in [-0.39, 0.29) is 5.91 Å². The van der Waals surface area contributed by atoms with Gasteiger partial charge in [0.2, 0.25) is 11.1 Å². The van der Waals surface area contributed by atoms with Crippen molar-refractivity contribution in [3.05, 3.63) is 23.2 Å². The number of ether oxygens (including phenoxy) is 1. The van der Waals surface area contributed by atoms with Crippen molar-refractivity contribution in [1.29, 1.82) is 0 Å². The van der Waals surface area contributed by atoms with E-state index in [2.05, 4.69) is 20.8 Å². The van der Waals surface area contributed by atoms with Gasteiger partial charge in [0.15, 0.2) is 0 Å². The van der Waals surface area contributed by atoms with Gasteiger partial charge in [-0.3, -0.25) is 4.79 Å². The summed E-state index contributed by atoms with van der Waals surface area (Å²) in [6.45, 7) is 0. The van der Waals surface area contributed by atoms with Gasteiger partial charge in [-0.05, 0) is 28.6 Å².